The van der Waals surface area contributed by atoms with Crippen molar-refractivity contribution in [1.82, 2.24) is 4.90 Å². The molecule has 29 heavy (non-hydrogen) atoms. The van der Waals surface area contributed by atoms with Gasteiger partial charge in [0.1, 0.15) is 13.4 Å². The summed E-state index contributed by atoms with van der Waals surface area (Å²) in [5.41, 5.74) is 1.54. The van der Waals surface area contributed by atoms with Crippen LogP contribution in [0.4, 0.5) is 0 Å². The van der Waals surface area contributed by atoms with Crippen LogP contribution in [-0.2, 0) is 9.63 Å². The molecule has 0 bridgehead atoms. The largest absolute Gasteiger partial charge is 0.399 e. The number of nitrogens with zero attached hydrogens (tertiary/aromatic N) is 2. The lowest BCUT2D eigenvalue weighted by Crippen LogP contribution is -2.35. The Morgan fingerprint density at radius 1 is 1.10 bits per heavy atom. The molecule has 0 fully saturated rings. The number of aldehydes is 1. The van der Waals surface area contributed by atoms with Crippen molar-refractivity contribution in [2.75, 3.05) is 20.7 Å². The molecule has 2 aromatic rings. The fraction of sp³-hybridized carbons (Fsp3) is 0.250. The van der Waals surface area contributed by atoms with Crippen molar-refractivity contribution >= 4 is 64.3 Å². The number of hydrogen-bond acceptors (Lipinski definition) is 4. The smallest absolute Gasteiger partial charge is 0.254 e. The average Bonchev–Trinajstić information content (AvgIpc) is 2.66. The summed E-state index contributed by atoms with van der Waals surface area (Å²) in [6, 6.07) is 9.67. The van der Waals surface area contributed by atoms with Gasteiger partial charge in [0, 0.05) is 35.0 Å². The summed E-state index contributed by atoms with van der Waals surface area (Å²) in [6.45, 7) is 0.107. The second-order valence-electron chi connectivity index (χ2n) is 6.21. The van der Waals surface area contributed by atoms with Crippen LogP contribution in [-0.4, -0.2) is 43.5 Å². The highest BCUT2D eigenvalue weighted by Crippen LogP contribution is 2.29. The molecular weight excluding hydrogens is 458 g/mol. The monoisotopic (exact) mass is 474 g/mol. The van der Waals surface area contributed by atoms with Crippen molar-refractivity contribution in [3.05, 3.63) is 67.6 Å². The van der Waals surface area contributed by atoms with Gasteiger partial charge in [-0.15, -0.1) is 0 Å². The zero-order valence-corrected chi connectivity index (χ0v) is 18.7. The van der Waals surface area contributed by atoms with E-state index in [-0.39, 0.29) is 18.9 Å². The fourth-order valence-electron chi connectivity index (χ4n) is 2.82. The third-order valence-electron chi connectivity index (χ3n) is 4.14. The number of oxime groups is 1. The van der Waals surface area contributed by atoms with Crippen molar-refractivity contribution in [3.8, 4) is 0 Å². The minimum atomic E-state index is -0.444. The lowest BCUT2D eigenvalue weighted by atomic mass is 9.91. The summed E-state index contributed by atoms with van der Waals surface area (Å²) in [5.74, 6) is -0.752. The van der Waals surface area contributed by atoms with Gasteiger partial charge in [0.2, 0.25) is 0 Å². The van der Waals surface area contributed by atoms with Crippen molar-refractivity contribution in [2.24, 2.45) is 5.16 Å². The maximum absolute atomic E-state index is 12.8. The van der Waals surface area contributed by atoms with Crippen LogP contribution in [0.25, 0.3) is 0 Å². The third-order valence-corrected chi connectivity index (χ3v) is 5.32. The highest BCUT2D eigenvalue weighted by atomic mass is 35.5. The summed E-state index contributed by atoms with van der Waals surface area (Å²) >= 11 is 24.1. The molecule has 1 atom stereocenters. The second-order valence-corrected chi connectivity index (χ2v) is 7.90. The van der Waals surface area contributed by atoms with Crippen LogP contribution < -0.4 is 0 Å². The van der Waals surface area contributed by atoms with Crippen molar-refractivity contribution in [3.63, 3.8) is 0 Å². The average molecular weight is 476 g/mol. The Hall–Kier alpha value is -1.79. The fourth-order valence-corrected chi connectivity index (χ4v) is 3.65. The van der Waals surface area contributed by atoms with Gasteiger partial charge in [-0.05, 0) is 35.9 Å². The van der Waals surface area contributed by atoms with E-state index in [9.17, 15) is 9.59 Å². The molecule has 9 heteroatoms. The van der Waals surface area contributed by atoms with Gasteiger partial charge in [-0.2, -0.15) is 0 Å². The van der Waals surface area contributed by atoms with E-state index in [2.05, 4.69) is 5.16 Å². The van der Waals surface area contributed by atoms with Gasteiger partial charge < -0.3 is 14.5 Å². The molecule has 0 N–H and O–H groups in total. The highest BCUT2D eigenvalue weighted by molar-refractivity contribution is 6.42. The van der Waals surface area contributed by atoms with Crippen LogP contribution in [0.5, 0.6) is 0 Å². The van der Waals surface area contributed by atoms with Crippen molar-refractivity contribution in [2.45, 2.75) is 12.3 Å². The van der Waals surface area contributed by atoms with Crippen LogP contribution in [0.2, 0.25) is 20.1 Å². The Morgan fingerprint density at radius 2 is 1.76 bits per heavy atom. The van der Waals surface area contributed by atoms with E-state index >= 15 is 0 Å². The maximum atomic E-state index is 12.8. The van der Waals surface area contributed by atoms with Gasteiger partial charge in [-0.1, -0.05) is 57.6 Å². The summed E-state index contributed by atoms with van der Waals surface area (Å²) in [7, 11) is 3.00. The number of hydrogen-bond donors (Lipinski definition) is 0. The molecule has 1 amide bonds. The third kappa shape index (κ3) is 6.34. The van der Waals surface area contributed by atoms with Gasteiger partial charge in [0.25, 0.3) is 5.91 Å². The molecular formula is C20H18Cl4N2O3. The Morgan fingerprint density at radius 3 is 2.31 bits per heavy atom. The summed E-state index contributed by atoms with van der Waals surface area (Å²) in [6.07, 6.45) is 0.905. The Kier molecular flexibility index (Phi) is 8.78. The van der Waals surface area contributed by atoms with Crippen LogP contribution in [0.3, 0.4) is 0 Å². The van der Waals surface area contributed by atoms with Gasteiger partial charge in [0.15, 0.2) is 0 Å². The van der Waals surface area contributed by atoms with Crippen LogP contribution in [0.15, 0.2) is 41.6 Å². The van der Waals surface area contributed by atoms with Gasteiger partial charge in [-0.25, -0.2) is 0 Å². The summed E-state index contributed by atoms with van der Waals surface area (Å²) in [4.78, 5) is 30.5. The van der Waals surface area contributed by atoms with E-state index in [0.717, 1.165) is 11.8 Å². The lowest BCUT2D eigenvalue weighted by Gasteiger charge is -2.23. The van der Waals surface area contributed by atoms with E-state index in [1.807, 2.05) is 0 Å². The summed E-state index contributed by atoms with van der Waals surface area (Å²) in [5, 5.41) is 5.53. The number of carbonyl (C=O) groups is 2. The normalized spacial score (nSPS) is 12.4. The number of halogens is 4. The molecule has 0 aromatic heterocycles. The quantitative estimate of drug-likeness (QED) is 0.277. The molecule has 0 heterocycles. The minimum Gasteiger partial charge on any atom is -0.399 e. The maximum Gasteiger partial charge on any atom is 0.254 e. The van der Waals surface area contributed by atoms with Gasteiger partial charge in [-0.3, -0.25) is 4.79 Å². The van der Waals surface area contributed by atoms with Crippen LogP contribution in [0, 0.1) is 0 Å². The SMILES string of the molecule is CO/N=C(/CN(C)C(=O)c1cc(Cl)cc(Cl)c1)C(CC=O)c1ccc(Cl)c(Cl)c1. The molecule has 5 nitrogen and oxygen atoms in total. The van der Waals surface area contributed by atoms with E-state index < -0.39 is 5.92 Å². The molecule has 1 unspecified atom stereocenters. The summed E-state index contributed by atoms with van der Waals surface area (Å²) < 4.78 is 0. The first kappa shape index (κ1) is 23.5. The predicted octanol–water partition coefficient (Wildman–Crippen LogP) is 5.75. The van der Waals surface area contributed by atoms with Crippen molar-refractivity contribution < 1.29 is 14.4 Å². The molecule has 154 valence electrons. The first-order valence-electron chi connectivity index (χ1n) is 8.46. The minimum absolute atomic E-state index is 0.107. The molecule has 0 aliphatic rings. The topological polar surface area (TPSA) is 59.0 Å². The van der Waals surface area contributed by atoms with Crippen molar-refractivity contribution in [1.29, 1.82) is 0 Å². The first-order valence-corrected chi connectivity index (χ1v) is 9.98. The lowest BCUT2D eigenvalue weighted by molar-refractivity contribution is -0.107. The number of rotatable bonds is 8. The zero-order valence-electron chi connectivity index (χ0n) is 15.7. The van der Waals surface area contributed by atoms with Crippen LogP contribution in [0.1, 0.15) is 28.3 Å². The Bertz CT molecular complexity index is 914. The number of carbonyl (C=O) groups excluding carboxylic acids is 2. The molecule has 0 spiro atoms. The molecule has 0 saturated carbocycles. The van der Waals surface area contributed by atoms with E-state index in [1.165, 1.54) is 24.1 Å². The molecule has 0 radical (unpaired) electrons. The van der Waals surface area contributed by atoms with E-state index in [4.69, 9.17) is 51.2 Å². The molecule has 2 rings (SSSR count). The van der Waals surface area contributed by atoms with Gasteiger partial charge >= 0.3 is 0 Å². The Labute approximate surface area is 189 Å². The van der Waals surface area contributed by atoms with E-state index in [1.54, 1.807) is 31.3 Å². The molecule has 0 saturated heterocycles. The predicted molar refractivity (Wildman–Crippen MR) is 118 cm³/mol. The zero-order chi connectivity index (χ0) is 21.6. The number of benzene rings is 2. The second kappa shape index (κ2) is 10.8. The number of amides is 1. The Balaban J connectivity index is 2.32. The van der Waals surface area contributed by atoms with Gasteiger partial charge in [0.05, 0.1) is 22.3 Å². The molecule has 2 aromatic carbocycles. The van der Waals surface area contributed by atoms with Crippen LogP contribution >= 0.6 is 46.4 Å². The molecule has 0 aliphatic carbocycles. The standard InChI is InChI=1S/C20H18Cl4N2O3/c1-26(20(28)13-7-14(21)10-15(22)8-13)11-19(25-29-2)16(5-6-27)12-3-4-17(23)18(24)9-12/h3-4,6-10,16H,5,11H2,1-2H3/b25-19-. The highest BCUT2D eigenvalue weighted by Gasteiger charge is 2.24. The first-order chi connectivity index (χ1) is 13.8. The molecule has 0 aliphatic heterocycles. The van der Waals surface area contributed by atoms with E-state index in [0.29, 0.717) is 31.4 Å².